The predicted octanol–water partition coefficient (Wildman–Crippen LogP) is 6.29. The van der Waals surface area contributed by atoms with Crippen molar-refractivity contribution < 1.29 is 73.6 Å². The van der Waals surface area contributed by atoms with Crippen LogP contribution in [0, 0.1) is 0 Å². The zero-order chi connectivity index (χ0) is 41.4. The van der Waals surface area contributed by atoms with Gasteiger partial charge >= 0.3 is 30.5 Å². The van der Waals surface area contributed by atoms with Gasteiger partial charge in [0.1, 0.15) is 11.6 Å². The number of anilines is 4. The number of pyridine rings is 1. The van der Waals surface area contributed by atoms with E-state index in [1.54, 1.807) is 24.3 Å². The van der Waals surface area contributed by atoms with Gasteiger partial charge in [-0.2, -0.15) is 39.5 Å². The van der Waals surface area contributed by atoms with E-state index in [9.17, 15) is 49.1 Å². The first-order chi connectivity index (χ1) is 25.0. The summed E-state index contributed by atoms with van der Waals surface area (Å²) in [5, 5.41) is 25.3. The fourth-order valence-corrected chi connectivity index (χ4v) is 3.97. The number of nitrogens with zero attached hydrogens (tertiary/aromatic N) is 2. The molecule has 0 aliphatic carbocycles. The molecule has 0 fully saturated rings. The number of hydrogen-bond donors (Lipinski definition) is 6. The molecular weight excluding hydrogens is 751 g/mol. The second kappa shape index (κ2) is 20.4. The molecule has 298 valence electrons. The summed E-state index contributed by atoms with van der Waals surface area (Å²) < 4.78 is 110. The Morgan fingerprint density at radius 1 is 0.778 bits per heavy atom. The Labute approximate surface area is 301 Å². The standard InChI is InChI=1S/C28H33F3N6O3.2C2HF3O2/c1-5-37(6-2)14-13-33-26(38)18-11-12-22(24(15-18)40-4)36-25-16-23(20(17-34-25)28(29,30)31)35-21-10-8-7-9-19(21)27(39)32-3;2*3-2(4,5)1(6)7/h7-12,15-17H,5-6,13-14H2,1-4H3,(H,32,39)(H,33,38)(H2,34,35,36);2*(H,6,7). The topological polar surface area (TPSA) is 182 Å². The SMILES string of the molecule is CCN(CC)CCNC(=O)c1ccc(Nc2cc(Nc3ccccc3C(=O)NC)c(C(F)(F)F)cn2)c(OC)c1.O=C(O)C(F)(F)F.O=C(O)C(F)(F)F. The number of methoxy groups -OCH3 is 1. The maximum Gasteiger partial charge on any atom is 0.490 e. The highest BCUT2D eigenvalue weighted by Crippen LogP contribution is 2.38. The van der Waals surface area contributed by atoms with Crippen LogP contribution in [0.5, 0.6) is 5.75 Å². The Kier molecular flexibility index (Phi) is 17.5. The van der Waals surface area contributed by atoms with Gasteiger partial charge in [-0.05, 0) is 43.4 Å². The van der Waals surface area contributed by atoms with Gasteiger partial charge in [-0.3, -0.25) is 9.59 Å². The molecule has 22 heteroatoms. The summed E-state index contributed by atoms with van der Waals surface area (Å²) in [5.74, 6) is -5.85. The largest absolute Gasteiger partial charge is 0.495 e. The minimum atomic E-state index is -5.08. The van der Waals surface area contributed by atoms with Gasteiger partial charge in [-0.1, -0.05) is 26.0 Å². The zero-order valence-corrected chi connectivity index (χ0v) is 28.8. The van der Waals surface area contributed by atoms with Crippen molar-refractivity contribution in [1.82, 2.24) is 20.5 Å². The Hall–Kier alpha value is -5.80. The van der Waals surface area contributed by atoms with Crippen LogP contribution in [0.4, 0.5) is 62.4 Å². The fourth-order valence-electron chi connectivity index (χ4n) is 3.97. The minimum absolute atomic E-state index is 0.0858. The van der Waals surface area contributed by atoms with Crippen molar-refractivity contribution in [2.24, 2.45) is 0 Å². The highest BCUT2D eigenvalue weighted by molar-refractivity contribution is 6.00. The third kappa shape index (κ3) is 15.0. The number of para-hydroxylation sites is 1. The number of nitrogens with one attached hydrogen (secondary N) is 4. The molecule has 0 atom stereocenters. The summed E-state index contributed by atoms with van der Waals surface area (Å²) >= 11 is 0. The number of carbonyl (C=O) groups excluding carboxylic acids is 2. The first kappa shape index (κ1) is 46.2. The van der Waals surface area contributed by atoms with Crippen LogP contribution in [0.1, 0.15) is 40.1 Å². The lowest BCUT2D eigenvalue weighted by Gasteiger charge is -2.19. The molecule has 2 amide bonds. The molecule has 0 spiro atoms. The van der Waals surface area contributed by atoms with Crippen LogP contribution in [-0.4, -0.2) is 96.5 Å². The van der Waals surface area contributed by atoms with Gasteiger partial charge in [-0.25, -0.2) is 14.6 Å². The number of ether oxygens (including phenoxy) is 1. The molecule has 13 nitrogen and oxygen atoms in total. The lowest BCUT2D eigenvalue weighted by Crippen LogP contribution is -2.34. The van der Waals surface area contributed by atoms with Gasteiger partial charge in [0, 0.05) is 38.0 Å². The van der Waals surface area contributed by atoms with Crippen LogP contribution < -0.4 is 26.0 Å². The number of alkyl halides is 9. The number of carboxylic acids is 2. The van der Waals surface area contributed by atoms with E-state index in [2.05, 4.69) is 45.0 Å². The summed E-state index contributed by atoms with van der Waals surface area (Å²) in [6.07, 6.45) is -14.2. The molecule has 1 heterocycles. The van der Waals surface area contributed by atoms with Crippen molar-refractivity contribution in [2.45, 2.75) is 32.4 Å². The van der Waals surface area contributed by atoms with E-state index < -0.39 is 41.9 Å². The lowest BCUT2D eigenvalue weighted by atomic mass is 10.1. The number of likely N-dealkylation sites (N-methyl/N-ethyl adjacent to an activating group) is 1. The molecule has 0 aliphatic rings. The van der Waals surface area contributed by atoms with Crippen LogP contribution in [0.15, 0.2) is 54.7 Å². The number of hydrogen-bond acceptors (Lipinski definition) is 9. The molecular formula is C32H35F9N6O7. The zero-order valence-electron chi connectivity index (χ0n) is 28.8. The van der Waals surface area contributed by atoms with E-state index in [0.29, 0.717) is 29.7 Å². The van der Waals surface area contributed by atoms with Gasteiger partial charge < -0.3 is 41.1 Å². The second-order valence-corrected chi connectivity index (χ2v) is 10.3. The second-order valence-electron chi connectivity index (χ2n) is 10.3. The van der Waals surface area contributed by atoms with Crippen molar-refractivity contribution in [3.8, 4) is 5.75 Å². The number of rotatable bonds is 12. The predicted molar refractivity (Wildman–Crippen MR) is 176 cm³/mol. The summed E-state index contributed by atoms with van der Waals surface area (Å²) in [7, 11) is 2.86. The summed E-state index contributed by atoms with van der Waals surface area (Å²) in [6.45, 7) is 7.08. The molecule has 0 unspecified atom stereocenters. The first-order valence-corrected chi connectivity index (χ1v) is 15.2. The normalized spacial score (nSPS) is 11.2. The van der Waals surface area contributed by atoms with Crippen molar-refractivity contribution >= 4 is 46.6 Å². The van der Waals surface area contributed by atoms with Gasteiger partial charge in [0.15, 0.2) is 0 Å². The molecule has 0 bridgehead atoms. The van der Waals surface area contributed by atoms with Crippen LogP contribution >= 0.6 is 0 Å². The van der Waals surface area contributed by atoms with Crippen molar-refractivity contribution in [3.63, 3.8) is 0 Å². The number of aromatic nitrogens is 1. The van der Waals surface area contributed by atoms with E-state index >= 15 is 0 Å². The van der Waals surface area contributed by atoms with E-state index in [0.717, 1.165) is 19.6 Å². The molecule has 3 aromatic rings. The third-order valence-corrected chi connectivity index (χ3v) is 6.70. The highest BCUT2D eigenvalue weighted by atomic mass is 19.4. The Morgan fingerprint density at radius 2 is 1.33 bits per heavy atom. The van der Waals surface area contributed by atoms with Crippen LogP contribution in [0.25, 0.3) is 0 Å². The van der Waals surface area contributed by atoms with E-state index in [4.69, 9.17) is 24.5 Å². The lowest BCUT2D eigenvalue weighted by molar-refractivity contribution is -0.193. The summed E-state index contributed by atoms with van der Waals surface area (Å²) in [4.78, 5) is 48.8. The molecule has 1 aromatic heterocycles. The van der Waals surface area contributed by atoms with Gasteiger partial charge in [-0.15, -0.1) is 0 Å². The van der Waals surface area contributed by atoms with Gasteiger partial charge in [0.2, 0.25) is 0 Å². The molecule has 2 aromatic carbocycles. The highest BCUT2D eigenvalue weighted by Gasteiger charge is 2.39. The molecule has 6 N–H and O–H groups in total. The van der Waals surface area contributed by atoms with Gasteiger partial charge in [0.05, 0.1) is 35.3 Å². The molecule has 0 saturated heterocycles. The van der Waals surface area contributed by atoms with Crippen LogP contribution in [0.2, 0.25) is 0 Å². The average molecular weight is 787 g/mol. The molecule has 0 radical (unpaired) electrons. The molecule has 54 heavy (non-hydrogen) atoms. The van der Waals surface area contributed by atoms with Crippen molar-refractivity contribution in [1.29, 1.82) is 0 Å². The Balaban J connectivity index is 0.000000879. The van der Waals surface area contributed by atoms with E-state index in [-0.39, 0.29) is 28.7 Å². The number of halogens is 9. The van der Waals surface area contributed by atoms with Crippen LogP contribution in [-0.2, 0) is 15.8 Å². The number of aliphatic carboxylic acids is 2. The molecule has 0 aliphatic heterocycles. The van der Waals surface area contributed by atoms with E-state index in [1.807, 2.05) is 0 Å². The van der Waals surface area contributed by atoms with E-state index in [1.165, 1.54) is 38.4 Å². The number of benzene rings is 2. The Morgan fingerprint density at radius 3 is 1.81 bits per heavy atom. The molecule has 0 saturated carbocycles. The number of amides is 2. The Bertz CT molecular complexity index is 1710. The minimum Gasteiger partial charge on any atom is -0.495 e. The maximum atomic E-state index is 13.8. The number of carbonyl (C=O) groups is 4. The van der Waals surface area contributed by atoms with Gasteiger partial charge in [0.25, 0.3) is 11.8 Å². The van der Waals surface area contributed by atoms with Crippen molar-refractivity contribution in [3.05, 3.63) is 71.4 Å². The summed E-state index contributed by atoms with van der Waals surface area (Å²) in [5.41, 5.74) is -0.171. The quantitative estimate of drug-likeness (QED) is 0.114. The smallest absolute Gasteiger partial charge is 0.490 e. The van der Waals surface area contributed by atoms with Crippen LogP contribution in [0.3, 0.4) is 0 Å². The monoisotopic (exact) mass is 786 g/mol. The first-order valence-electron chi connectivity index (χ1n) is 15.2. The number of carboxylic acid groups (broad SMARTS) is 2. The summed E-state index contributed by atoms with van der Waals surface area (Å²) in [6, 6.07) is 12.1. The fraction of sp³-hybridized carbons (Fsp3) is 0.344. The maximum absolute atomic E-state index is 13.8. The molecule has 3 rings (SSSR count). The third-order valence-electron chi connectivity index (χ3n) is 6.70. The average Bonchev–Trinajstić information content (AvgIpc) is 3.09. The van der Waals surface area contributed by atoms with Crippen molar-refractivity contribution in [2.75, 3.05) is 51.0 Å².